The lowest BCUT2D eigenvalue weighted by Crippen LogP contribution is -2.11. The zero-order valence-electron chi connectivity index (χ0n) is 8.16. The maximum Gasteiger partial charge on any atom is 0.217 e. The number of carbonyl (C=O) groups excluding carboxylic acids is 1. The second kappa shape index (κ2) is 5.07. The number of rotatable bonds is 4. The normalized spacial score (nSPS) is 9.21. The van der Waals surface area contributed by atoms with Gasteiger partial charge in [-0.15, -0.1) is 5.92 Å². The standard InChI is InChI=1S/C10H13N3O/c1-2-4-9-7-12-13(8-9)6-3-5-10(11)14/h7-8H,3,5-6H2,1H3,(H2,11,14). The van der Waals surface area contributed by atoms with E-state index in [1.54, 1.807) is 17.8 Å². The molecule has 0 saturated heterocycles. The molecule has 1 aromatic rings. The molecule has 0 atom stereocenters. The molecule has 4 nitrogen and oxygen atoms in total. The van der Waals surface area contributed by atoms with Crippen LogP contribution in [-0.2, 0) is 11.3 Å². The van der Waals surface area contributed by atoms with E-state index in [9.17, 15) is 4.79 Å². The van der Waals surface area contributed by atoms with Crippen molar-refractivity contribution in [2.24, 2.45) is 5.73 Å². The fourth-order valence-electron chi connectivity index (χ4n) is 1.11. The molecule has 1 rings (SSSR count). The highest BCUT2D eigenvalue weighted by Gasteiger charge is 1.97. The molecule has 2 N–H and O–H groups in total. The maximum absolute atomic E-state index is 10.5. The minimum absolute atomic E-state index is 0.272. The second-order valence-corrected chi connectivity index (χ2v) is 2.94. The monoisotopic (exact) mass is 191 g/mol. The number of carbonyl (C=O) groups is 1. The Morgan fingerprint density at radius 1 is 1.71 bits per heavy atom. The van der Waals surface area contributed by atoms with Gasteiger partial charge in [-0.2, -0.15) is 5.10 Å². The van der Waals surface area contributed by atoms with Crippen molar-refractivity contribution >= 4 is 5.91 Å². The Kier molecular flexibility index (Phi) is 3.74. The summed E-state index contributed by atoms with van der Waals surface area (Å²) in [6, 6.07) is 0. The Morgan fingerprint density at radius 2 is 2.50 bits per heavy atom. The van der Waals surface area contributed by atoms with Crippen molar-refractivity contribution in [3.8, 4) is 11.8 Å². The Bertz CT molecular complexity index is 370. The third kappa shape index (κ3) is 3.31. The van der Waals surface area contributed by atoms with Crippen LogP contribution in [-0.4, -0.2) is 15.7 Å². The largest absolute Gasteiger partial charge is 0.370 e. The minimum Gasteiger partial charge on any atom is -0.370 e. The van der Waals surface area contributed by atoms with E-state index < -0.39 is 0 Å². The third-order valence-corrected chi connectivity index (χ3v) is 1.71. The van der Waals surface area contributed by atoms with E-state index in [1.165, 1.54) is 0 Å². The summed E-state index contributed by atoms with van der Waals surface area (Å²) in [5.41, 5.74) is 5.91. The highest BCUT2D eigenvalue weighted by molar-refractivity contribution is 5.73. The molecule has 0 fully saturated rings. The van der Waals surface area contributed by atoms with Crippen LogP contribution in [0, 0.1) is 11.8 Å². The van der Waals surface area contributed by atoms with E-state index in [1.807, 2.05) is 6.20 Å². The first-order valence-corrected chi connectivity index (χ1v) is 4.46. The van der Waals surface area contributed by atoms with Crippen molar-refractivity contribution in [2.45, 2.75) is 26.3 Å². The summed E-state index contributed by atoms with van der Waals surface area (Å²) < 4.78 is 1.77. The average Bonchev–Trinajstić information content (AvgIpc) is 2.53. The van der Waals surface area contributed by atoms with E-state index in [-0.39, 0.29) is 5.91 Å². The zero-order valence-corrected chi connectivity index (χ0v) is 8.16. The summed E-state index contributed by atoms with van der Waals surface area (Å²) in [5, 5.41) is 4.09. The molecule has 0 aliphatic rings. The minimum atomic E-state index is -0.272. The molecule has 1 heterocycles. The zero-order chi connectivity index (χ0) is 10.4. The van der Waals surface area contributed by atoms with Crippen molar-refractivity contribution in [3.63, 3.8) is 0 Å². The van der Waals surface area contributed by atoms with Gasteiger partial charge in [0.2, 0.25) is 5.91 Å². The summed E-state index contributed by atoms with van der Waals surface area (Å²) in [4.78, 5) is 10.5. The van der Waals surface area contributed by atoms with Gasteiger partial charge in [0.05, 0.1) is 11.8 Å². The van der Waals surface area contributed by atoms with Crippen LogP contribution in [0.1, 0.15) is 25.3 Å². The van der Waals surface area contributed by atoms with Crippen LogP contribution >= 0.6 is 0 Å². The topological polar surface area (TPSA) is 60.9 Å². The molecule has 0 bridgehead atoms. The first kappa shape index (κ1) is 10.3. The van der Waals surface area contributed by atoms with Crippen molar-refractivity contribution in [2.75, 3.05) is 0 Å². The molecule has 0 aliphatic heterocycles. The molecule has 74 valence electrons. The lowest BCUT2D eigenvalue weighted by molar-refractivity contribution is -0.118. The molecule has 14 heavy (non-hydrogen) atoms. The van der Waals surface area contributed by atoms with Gasteiger partial charge in [-0.25, -0.2) is 0 Å². The van der Waals surface area contributed by atoms with Gasteiger partial charge in [-0.3, -0.25) is 9.48 Å². The van der Waals surface area contributed by atoms with E-state index in [2.05, 4.69) is 16.9 Å². The van der Waals surface area contributed by atoms with E-state index >= 15 is 0 Å². The van der Waals surface area contributed by atoms with Crippen LogP contribution in [0.5, 0.6) is 0 Å². The van der Waals surface area contributed by atoms with Crippen molar-refractivity contribution in [1.29, 1.82) is 0 Å². The van der Waals surface area contributed by atoms with Gasteiger partial charge in [0.1, 0.15) is 0 Å². The summed E-state index contributed by atoms with van der Waals surface area (Å²) in [6.45, 7) is 2.48. The predicted octanol–water partition coefficient (Wildman–Crippen LogP) is 0.520. The van der Waals surface area contributed by atoms with E-state index in [0.717, 1.165) is 12.0 Å². The Balaban J connectivity index is 2.42. The fourth-order valence-corrected chi connectivity index (χ4v) is 1.11. The number of aromatic nitrogens is 2. The van der Waals surface area contributed by atoms with Crippen molar-refractivity contribution in [1.82, 2.24) is 9.78 Å². The predicted molar refractivity (Wildman–Crippen MR) is 53.2 cm³/mol. The van der Waals surface area contributed by atoms with Crippen LogP contribution in [0.2, 0.25) is 0 Å². The molecule has 4 heteroatoms. The second-order valence-electron chi connectivity index (χ2n) is 2.94. The van der Waals surface area contributed by atoms with Gasteiger partial charge in [0.25, 0.3) is 0 Å². The molecule has 0 aromatic carbocycles. The number of amides is 1. The van der Waals surface area contributed by atoms with E-state index in [4.69, 9.17) is 5.73 Å². The lowest BCUT2D eigenvalue weighted by atomic mass is 10.3. The Morgan fingerprint density at radius 3 is 3.14 bits per heavy atom. The lowest BCUT2D eigenvalue weighted by Gasteiger charge is -1.97. The van der Waals surface area contributed by atoms with Gasteiger partial charge in [0.15, 0.2) is 0 Å². The van der Waals surface area contributed by atoms with Gasteiger partial charge < -0.3 is 5.73 Å². The van der Waals surface area contributed by atoms with Crippen LogP contribution in [0.15, 0.2) is 12.4 Å². The van der Waals surface area contributed by atoms with Crippen molar-refractivity contribution in [3.05, 3.63) is 18.0 Å². The van der Waals surface area contributed by atoms with Crippen LogP contribution in [0.25, 0.3) is 0 Å². The quantitative estimate of drug-likeness (QED) is 0.705. The maximum atomic E-state index is 10.5. The van der Waals surface area contributed by atoms with Crippen LogP contribution < -0.4 is 5.73 Å². The highest BCUT2D eigenvalue weighted by Crippen LogP contribution is 1.98. The molecule has 1 amide bonds. The first-order chi connectivity index (χ1) is 6.72. The number of nitrogens with two attached hydrogens (primary N) is 1. The number of hydrogen-bond acceptors (Lipinski definition) is 2. The molecule has 0 radical (unpaired) electrons. The summed E-state index contributed by atoms with van der Waals surface area (Å²) in [5.74, 6) is 5.42. The van der Waals surface area contributed by atoms with Gasteiger partial charge in [0, 0.05) is 19.2 Å². The van der Waals surface area contributed by atoms with Gasteiger partial charge in [-0.05, 0) is 13.3 Å². The van der Waals surface area contributed by atoms with Crippen LogP contribution in [0.4, 0.5) is 0 Å². The summed E-state index contributed by atoms with van der Waals surface area (Å²) in [6.07, 6.45) is 4.68. The Hall–Kier alpha value is -1.76. The molecule has 0 spiro atoms. The third-order valence-electron chi connectivity index (χ3n) is 1.71. The molecule has 0 unspecified atom stereocenters. The number of hydrogen-bond donors (Lipinski definition) is 1. The smallest absolute Gasteiger partial charge is 0.217 e. The summed E-state index contributed by atoms with van der Waals surface area (Å²) in [7, 11) is 0. The first-order valence-electron chi connectivity index (χ1n) is 4.46. The molecule has 0 aliphatic carbocycles. The molecule has 1 aromatic heterocycles. The Labute approximate surface area is 83.1 Å². The summed E-state index contributed by atoms with van der Waals surface area (Å²) >= 11 is 0. The van der Waals surface area contributed by atoms with Gasteiger partial charge >= 0.3 is 0 Å². The molecular formula is C10H13N3O. The SMILES string of the molecule is CC#Cc1cnn(CCCC(N)=O)c1. The fraction of sp³-hybridized carbons (Fsp3) is 0.400. The highest BCUT2D eigenvalue weighted by atomic mass is 16.1. The molecular weight excluding hydrogens is 178 g/mol. The van der Waals surface area contributed by atoms with Crippen LogP contribution in [0.3, 0.4) is 0 Å². The number of primary amides is 1. The average molecular weight is 191 g/mol. The van der Waals surface area contributed by atoms with Gasteiger partial charge in [-0.1, -0.05) is 5.92 Å². The number of nitrogens with zero attached hydrogens (tertiary/aromatic N) is 2. The molecule has 0 saturated carbocycles. The van der Waals surface area contributed by atoms with Crippen molar-refractivity contribution < 1.29 is 4.79 Å². The number of aryl methyl sites for hydroxylation is 1. The van der Waals surface area contributed by atoms with E-state index in [0.29, 0.717) is 13.0 Å².